The van der Waals surface area contributed by atoms with E-state index in [4.69, 9.17) is 0 Å². The number of hydrogen-bond acceptors (Lipinski definition) is 3. The van der Waals surface area contributed by atoms with Crippen molar-refractivity contribution in [3.05, 3.63) is 58.7 Å². The second-order valence-corrected chi connectivity index (χ2v) is 8.43. The highest BCUT2D eigenvalue weighted by Crippen LogP contribution is 2.29. The Balaban J connectivity index is 2.47. The van der Waals surface area contributed by atoms with Crippen molar-refractivity contribution in [3.8, 4) is 0 Å². The van der Waals surface area contributed by atoms with Gasteiger partial charge in [0.2, 0.25) is 0 Å². The van der Waals surface area contributed by atoms with E-state index in [9.17, 15) is 15.0 Å². The summed E-state index contributed by atoms with van der Waals surface area (Å²) in [7, 11) is 0. The fourth-order valence-corrected chi connectivity index (χ4v) is 3.46. The second kappa shape index (κ2) is 12.0. The summed E-state index contributed by atoms with van der Waals surface area (Å²) in [6, 6.07) is 0. The first kappa shape index (κ1) is 24.3. The Labute approximate surface area is 171 Å². The lowest BCUT2D eigenvalue weighted by Gasteiger charge is -2.27. The van der Waals surface area contributed by atoms with E-state index in [1.165, 1.54) is 11.1 Å². The number of carbonyl (C=O) groups excluding carboxylic acids is 1. The van der Waals surface area contributed by atoms with Crippen LogP contribution in [0.15, 0.2) is 58.7 Å². The molecular formula is C25H38O3. The maximum atomic E-state index is 11.9. The Bertz CT molecular complexity index is 672. The van der Waals surface area contributed by atoms with Crippen LogP contribution in [0.25, 0.3) is 0 Å². The zero-order valence-corrected chi connectivity index (χ0v) is 18.3. The van der Waals surface area contributed by atoms with Crippen molar-refractivity contribution in [1.82, 2.24) is 0 Å². The highest BCUT2D eigenvalue weighted by atomic mass is 16.3. The van der Waals surface area contributed by atoms with Crippen LogP contribution in [-0.4, -0.2) is 28.2 Å². The molecule has 0 aromatic rings. The minimum Gasteiger partial charge on any atom is -0.389 e. The molecule has 1 aliphatic rings. The normalized spacial score (nSPS) is 22.0. The molecule has 0 heterocycles. The van der Waals surface area contributed by atoms with Crippen molar-refractivity contribution in [3.63, 3.8) is 0 Å². The van der Waals surface area contributed by atoms with Crippen LogP contribution in [0.4, 0.5) is 0 Å². The Hall–Kier alpha value is -1.71. The van der Waals surface area contributed by atoms with Crippen molar-refractivity contribution >= 4 is 5.78 Å². The largest absolute Gasteiger partial charge is 0.389 e. The van der Waals surface area contributed by atoms with Gasteiger partial charge in [-0.3, -0.25) is 4.79 Å². The lowest BCUT2D eigenvalue weighted by Crippen LogP contribution is -2.29. The summed E-state index contributed by atoms with van der Waals surface area (Å²) in [5, 5.41) is 20.5. The highest BCUT2D eigenvalue weighted by molar-refractivity contribution is 5.96. The van der Waals surface area contributed by atoms with Crippen LogP contribution in [0.5, 0.6) is 0 Å². The van der Waals surface area contributed by atoms with Gasteiger partial charge >= 0.3 is 0 Å². The summed E-state index contributed by atoms with van der Waals surface area (Å²) in [6.45, 7) is 14.2. The van der Waals surface area contributed by atoms with E-state index >= 15 is 0 Å². The topological polar surface area (TPSA) is 57.5 Å². The molecule has 3 nitrogen and oxygen atoms in total. The molecule has 0 unspecified atom stereocenters. The van der Waals surface area contributed by atoms with E-state index in [2.05, 4.69) is 39.5 Å². The molecule has 156 valence electrons. The molecule has 0 amide bonds. The van der Waals surface area contributed by atoms with Gasteiger partial charge in [-0.15, -0.1) is 0 Å². The smallest absolute Gasteiger partial charge is 0.159 e. The van der Waals surface area contributed by atoms with Crippen LogP contribution >= 0.6 is 0 Å². The molecule has 3 atom stereocenters. The van der Waals surface area contributed by atoms with Crippen molar-refractivity contribution < 1.29 is 15.0 Å². The molecule has 0 saturated heterocycles. The quantitative estimate of drug-likeness (QED) is 0.480. The Morgan fingerprint density at radius 1 is 1.18 bits per heavy atom. The number of rotatable bonds is 10. The first-order valence-electron chi connectivity index (χ1n) is 10.3. The molecule has 0 bridgehead atoms. The van der Waals surface area contributed by atoms with Gasteiger partial charge in [-0.1, -0.05) is 47.1 Å². The Morgan fingerprint density at radius 2 is 1.79 bits per heavy atom. The fraction of sp³-hybridized carbons (Fsp3) is 0.560. The molecule has 1 rings (SSSR count). The summed E-state index contributed by atoms with van der Waals surface area (Å²) >= 11 is 0. The Morgan fingerprint density at radius 3 is 2.43 bits per heavy atom. The zero-order valence-electron chi connectivity index (χ0n) is 18.3. The van der Waals surface area contributed by atoms with Crippen molar-refractivity contribution in [2.24, 2.45) is 5.92 Å². The molecule has 28 heavy (non-hydrogen) atoms. The van der Waals surface area contributed by atoms with E-state index < -0.39 is 12.2 Å². The van der Waals surface area contributed by atoms with Gasteiger partial charge in [-0.25, -0.2) is 0 Å². The summed E-state index contributed by atoms with van der Waals surface area (Å²) in [5.41, 5.74) is 5.25. The number of aliphatic hydroxyl groups excluding tert-OH is 2. The summed E-state index contributed by atoms with van der Waals surface area (Å²) < 4.78 is 0. The predicted molar refractivity (Wildman–Crippen MR) is 118 cm³/mol. The van der Waals surface area contributed by atoms with Crippen LogP contribution in [0.2, 0.25) is 0 Å². The number of ketones is 1. The van der Waals surface area contributed by atoms with E-state index in [0.717, 1.165) is 36.8 Å². The lowest BCUT2D eigenvalue weighted by molar-refractivity contribution is -0.117. The molecule has 3 heteroatoms. The summed E-state index contributed by atoms with van der Waals surface area (Å²) in [6.07, 6.45) is 11.4. The van der Waals surface area contributed by atoms with Gasteiger partial charge in [0.05, 0.1) is 12.2 Å². The van der Waals surface area contributed by atoms with Gasteiger partial charge in [0.1, 0.15) is 0 Å². The van der Waals surface area contributed by atoms with Crippen LogP contribution in [0.3, 0.4) is 0 Å². The van der Waals surface area contributed by atoms with E-state index in [1.54, 1.807) is 13.0 Å². The van der Waals surface area contributed by atoms with Crippen molar-refractivity contribution in [2.75, 3.05) is 0 Å². The monoisotopic (exact) mass is 386 g/mol. The first-order chi connectivity index (χ1) is 13.1. The molecule has 2 N–H and O–H groups in total. The van der Waals surface area contributed by atoms with Crippen molar-refractivity contribution in [2.45, 2.75) is 85.4 Å². The number of aliphatic hydroxyl groups is 2. The highest BCUT2D eigenvalue weighted by Gasteiger charge is 2.29. The summed E-state index contributed by atoms with van der Waals surface area (Å²) in [4.78, 5) is 11.9. The number of Topliss-reactive ketones (excluding diaryl/α,β-unsaturated/α-hetero) is 1. The zero-order chi connectivity index (χ0) is 21.3. The Kier molecular flexibility index (Phi) is 10.4. The maximum Gasteiger partial charge on any atom is 0.159 e. The van der Waals surface area contributed by atoms with Gasteiger partial charge in [-0.05, 0) is 78.4 Å². The van der Waals surface area contributed by atoms with Gasteiger partial charge in [0.15, 0.2) is 5.78 Å². The molecule has 1 aliphatic carbocycles. The lowest BCUT2D eigenvalue weighted by atomic mass is 9.80. The molecule has 0 aliphatic heterocycles. The van der Waals surface area contributed by atoms with Crippen LogP contribution < -0.4 is 0 Å². The average Bonchev–Trinajstić information content (AvgIpc) is 2.57. The predicted octanol–water partition coefficient (Wildman–Crippen LogP) is 5.61. The molecule has 0 fully saturated rings. The molecule has 0 saturated carbocycles. The SMILES string of the molecule is C=C(C[C@@H](O)/C=C(\C)CC/C=C(\C)CCC=C(C)C)[C@H]1CC(=O)C(C)=C[C@@H]1O. The van der Waals surface area contributed by atoms with Crippen LogP contribution in [-0.2, 0) is 4.79 Å². The molecular weight excluding hydrogens is 348 g/mol. The van der Waals surface area contributed by atoms with E-state index in [-0.39, 0.29) is 18.1 Å². The molecule has 0 radical (unpaired) electrons. The fourth-order valence-electron chi connectivity index (χ4n) is 3.46. The number of allylic oxidation sites excluding steroid dienone is 6. The minimum absolute atomic E-state index is 0.0457. The van der Waals surface area contributed by atoms with Crippen molar-refractivity contribution in [1.29, 1.82) is 0 Å². The van der Waals surface area contributed by atoms with Gasteiger partial charge < -0.3 is 10.2 Å². The van der Waals surface area contributed by atoms with E-state index in [1.807, 2.05) is 13.0 Å². The van der Waals surface area contributed by atoms with E-state index in [0.29, 0.717) is 12.0 Å². The number of carbonyl (C=O) groups is 1. The maximum absolute atomic E-state index is 11.9. The van der Waals surface area contributed by atoms with Gasteiger partial charge in [-0.2, -0.15) is 0 Å². The molecule has 0 aromatic heterocycles. The van der Waals surface area contributed by atoms with Gasteiger partial charge in [0.25, 0.3) is 0 Å². The van der Waals surface area contributed by atoms with Crippen LogP contribution in [0.1, 0.15) is 73.1 Å². The van der Waals surface area contributed by atoms with Gasteiger partial charge in [0, 0.05) is 12.3 Å². The van der Waals surface area contributed by atoms with Crippen LogP contribution in [0, 0.1) is 5.92 Å². The second-order valence-electron chi connectivity index (χ2n) is 8.43. The molecule has 0 spiro atoms. The standard InChI is InChI=1S/C25H38O3/c1-17(2)9-7-10-18(3)11-8-12-19(4)13-22(26)14-20(5)23-16-24(27)21(6)15-25(23)28/h9,11,13,15,22-23,25-26,28H,5,7-8,10,12,14,16H2,1-4,6H3/b18-11+,19-13+/t22-,23+,25-/m0/s1. The third kappa shape index (κ3) is 8.99. The molecule has 0 aromatic carbocycles. The first-order valence-corrected chi connectivity index (χ1v) is 10.3. The average molecular weight is 387 g/mol. The number of hydrogen-bond donors (Lipinski definition) is 2. The summed E-state index contributed by atoms with van der Waals surface area (Å²) in [5.74, 6) is -0.254. The minimum atomic E-state index is -0.693. The third-order valence-corrected chi connectivity index (χ3v) is 5.27. The third-order valence-electron chi connectivity index (χ3n) is 5.27.